The van der Waals surface area contributed by atoms with Crippen LogP contribution in [-0.4, -0.2) is 43.4 Å². The molecule has 202 valence electrons. The van der Waals surface area contributed by atoms with Crippen molar-refractivity contribution in [1.82, 2.24) is 15.0 Å². The zero-order chi connectivity index (χ0) is 27.2. The molecule has 1 N–H and O–H groups in total. The maximum Gasteiger partial charge on any atom is 0.155 e. The number of anilines is 1. The van der Waals surface area contributed by atoms with Gasteiger partial charge >= 0.3 is 0 Å². The molecule has 0 aliphatic carbocycles. The van der Waals surface area contributed by atoms with Crippen LogP contribution in [0, 0.1) is 10.5 Å². The van der Waals surface area contributed by atoms with E-state index in [2.05, 4.69) is 39.4 Å². The number of unbranched alkanes of at least 4 members (excludes halogenated alkanes) is 1. The van der Waals surface area contributed by atoms with Crippen molar-refractivity contribution in [2.45, 2.75) is 46.2 Å². The Balaban J connectivity index is 1.86. The van der Waals surface area contributed by atoms with Crippen molar-refractivity contribution in [2.24, 2.45) is 0 Å². The molecule has 2 aromatic carbocycles. The van der Waals surface area contributed by atoms with Gasteiger partial charge in [0.2, 0.25) is 0 Å². The summed E-state index contributed by atoms with van der Waals surface area (Å²) in [5.74, 6) is 4.81. The molecule has 0 bridgehead atoms. The van der Waals surface area contributed by atoms with Gasteiger partial charge in [-0.15, -0.1) is 0 Å². The second kappa shape index (κ2) is 12.6. The molecule has 4 rings (SSSR count). The number of aromatic amines is 1. The van der Waals surface area contributed by atoms with E-state index >= 15 is 0 Å². The Morgan fingerprint density at radius 3 is 1.92 bits per heavy atom. The fourth-order valence-corrected chi connectivity index (χ4v) is 4.96. The lowest BCUT2D eigenvalue weighted by Gasteiger charge is -2.27. The third-order valence-corrected chi connectivity index (χ3v) is 7.84. The number of methoxy groups -OCH3 is 4. The van der Waals surface area contributed by atoms with E-state index in [-0.39, 0.29) is 0 Å². The average Bonchev–Trinajstić information content (AvgIpc) is 3.38. The van der Waals surface area contributed by atoms with Crippen LogP contribution in [0.2, 0.25) is 0 Å². The van der Waals surface area contributed by atoms with E-state index in [1.54, 1.807) is 28.4 Å². The van der Waals surface area contributed by atoms with Crippen LogP contribution >= 0.6 is 22.6 Å². The molecular formula is C29H35IN4O4. The van der Waals surface area contributed by atoms with Crippen molar-refractivity contribution in [3.63, 3.8) is 0 Å². The molecule has 0 radical (unpaired) electrons. The number of pyridine rings is 1. The van der Waals surface area contributed by atoms with Gasteiger partial charge in [-0.05, 0) is 60.2 Å². The number of aryl methyl sites for hydroxylation is 2. The van der Waals surface area contributed by atoms with E-state index in [1.807, 2.05) is 43.3 Å². The minimum atomic E-state index is 0.549. The van der Waals surface area contributed by atoms with Crippen LogP contribution in [0.3, 0.4) is 0 Å². The highest BCUT2D eigenvalue weighted by atomic mass is 127. The molecule has 0 unspecified atom stereocenters. The molecular weight excluding hydrogens is 595 g/mol. The third kappa shape index (κ3) is 5.92. The van der Waals surface area contributed by atoms with Crippen molar-refractivity contribution in [3.05, 3.63) is 62.6 Å². The highest BCUT2D eigenvalue weighted by Crippen LogP contribution is 2.35. The predicted octanol–water partition coefficient (Wildman–Crippen LogP) is 6.45. The summed E-state index contributed by atoms with van der Waals surface area (Å²) in [7, 11) is 6.66. The van der Waals surface area contributed by atoms with Gasteiger partial charge in [0.1, 0.15) is 39.9 Å². The molecule has 0 fully saturated rings. The quantitative estimate of drug-likeness (QED) is 0.180. The van der Waals surface area contributed by atoms with E-state index < -0.39 is 0 Å². The van der Waals surface area contributed by atoms with E-state index in [0.29, 0.717) is 13.1 Å². The van der Waals surface area contributed by atoms with Gasteiger partial charge in [-0.3, -0.25) is 0 Å². The van der Waals surface area contributed by atoms with Crippen LogP contribution in [0.15, 0.2) is 36.4 Å². The first-order valence-corrected chi connectivity index (χ1v) is 13.7. The predicted molar refractivity (Wildman–Crippen MR) is 159 cm³/mol. The van der Waals surface area contributed by atoms with Gasteiger partial charge < -0.3 is 28.8 Å². The van der Waals surface area contributed by atoms with Crippen LogP contribution in [0.25, 0.3) is 11.0 Å². The summed E-state index contributed by atoms with van der Waals surface area (Å²) in [5, 5.41) is 0. The number of H-pyrrole nitrogens is 1. The first-order valence-electron chi connectivity index (χ1n) is 12.6. The van der Waals surface area contributed by atoms with E-state index in [9.17, 15) is 0 Å². The second-order valence-electron chi connectivity index (χ2n) is 9.06. The minimum Gasteiger partial charge on any atom is -0.497 e. The molecule has 0 amide bonds. The average molecular weight is 631 g/mol. The van der Waals surface area contributed by atoms with E-state index in [1.165, 1.54) is 0 Å². The number of nitrogens with one attached hydrogen (secondary N) is 1. The maximum absolute atomic E-state index is 5.74. The number of rotatable bonds is 12. The number of nitrogens with zero attached hydrogens (tertiary/aromatic N) is 3. The molecule has 0 aliphatic heterocycles. The van der Waals surface area contributed by atoms with Gasteiger partial charge in [0.15, 0.2) is 5.82 Å². The lowest BCUT2D eigenvalue weighted by atomic mass is 10.1. The Hall–Kier alpha value is -3.21. The number of benzene rings is 2. The van der Waals surface area contributed by atoms with E-state index in [4.69, 9.17) is 28.9 Å². The Kier molecular flexibility index (Phi) is 9.19. The fraction of sp³-hybridized carbons (Fsp3) is 0.379. The standard InChI is InChI=1S/C29H35IN4O4/c1-7-8-9-25-32-27-26(30)18(2)31-29(28(27)33-25)34(16-19-10-12-21(35-3)14-23(19)37-5)17-20-11-13-22(36-4)15-24(20)38-6/h10-15H,7-9,16-17H2,1-6H3,(H,32,33). The van der Waals surface area contributed by atoms with Gasteiger partial charge in [-0.2, -0.15) is 0 Å². The minimum absolute atomic E-state index is 0.549. The van der Waals surface area contributed by atoms with Crippen LogP contribution in [0.4, 0.5) is 5.82 Å². The van der Waals surface area contributed by atoms with Crippen LogP contribution < -0.4 is 23.8 Å². The molecule has 0 aliphatic rings. The topological polar surface area (TPSA) is 81.7 Å². The smallest absolute Gasteiger partial charge is 0.155 e. The highest BCUT2D eigenvalue weighted by molar-refractivity contribution is 14.1. The van der Waals surface area contributed by atoms with Crippen LogP contribution in [0.1, 0.15) is 42.4 Å². The molecule has 0 saturated heterocycles. The molecule has 9 heteroatoms. The molecule has 2 aromatic heterocycles. The zero-order valence-electron chi connectivity index (χ0n) is 22.9. The SMILES string of the molecule is CCCCc1nc2c(I)c(C)nc(N(Cc3ccc(OC)cc3OC)Cc3ccc(OC)cc3OC)c2[nH]1. The molecule has 2 heterocycles. The van der Waals surface area contributed by atoms with Crippen molar-refractivity contribution >= 4 is 39.4 Å². The molecule has 0 atom stereocenters. The largest absolute Gasteiger partial charge is 0.497 e. The van der Waals surface area contributed by atoms with Crippen molar-refractivity contribution in [2.75, 3.05) is 33.3 Å². The Morgan fingerprint density at radius 2 is 1.42 bits per heavy atom. The summed E-state index contributed by atoms with van der Waals surface area (Å²) in [6, 6.07) is 11.8. The lowest BCUT2D eigenvalue weighted by Crippen LogP contribution is -2.24. The molecule has 4 aromatic rings. The summed E-state index contributed by atoms with van der Waals surface area (Å²) in [4.78, 5) is 15.9. The number of hydrogen-bond donors (Lipinski definition) is 1. The van der Waals surface area contributed by atoms with Crippen molar-refractivity contribution in [3.8, 4) is 23.0 Å². The second-order valence-corrected chi connectivity index (χ2v) is 10.1. The molecule has 0 spiro atoms. The van der Waals surface area contributed by atoms with Gasteiger partial charge in [0.05, 0.1) is 37.7 Å². The van der Waals surface area contributed by atoms with Gasteiger partial charge in [-0.25, -0.2) is 9.97 Å². The molecule has 8 nitrogen and oxygen atoms in total. The first-order chi connectivity index (χ1) is 18.4. The van der Waals surface area contributed by atoms with E-state index in [0.717, 1.165) is 85.3 Å². The van der Waals surface area contributed by atoms with Crippen LogP contribution in [-0.2, 0) is 19.5 Å². The lowest BCUT2D eigenvalue weighted by molar-refractivity contribution is 0.389. The number of imidazole rings is 1. The summed E-state index contributed by atoms with van der Waals surface area (Å²) in [5.41, 5.74) is 4.85. The summed E-state index contributed by atoms with van der Waals surface area (Å²) < 4.78 is 23.4. The maximum atomic E-state index is 5.74. The van der Waals surface area contributed by atoms with Gasteiger partial charge in [0.25, 0.3) is 0 Å². The third-order valence-electron chi connectivity index (χ3n) is 6.55. The van der Waals surface area contributed by atoms with Crippen molar-refractivity contribution < 1.29 is 18.9 Å². The summed E-state index contributed by atoms with van der Waals surface area (Å²) in [6.45, 7) is 5.32. The number of hydrogen-bond acceptors (Lipinski definition) is 7. The van der Waals surface area contributed by atoms with Gasteiger partial charge in [-0.1, -0.05) is 13.3 Å². The zero-order valence-corrected chi connectivity index (χ0v) is 25.0. The Labute approximate surface area is 237 Å². The first kappa shape index (κ1) is 27.8. The summed E-state index contributed by atoms with van der Waals surface area (Å²) >= 11 is 2.35. The van der Waals surface area contributed by atoms with Crippen LogP contribution in [0.5, 0.6) is 23.0 Å². The normalized spacial score (nSPS) is 11.0. The summed E-state index contributed by atoms with van der Waals surface area (Å²) in [6.07, 6.45) is 3.09. The van der Waals surface area contributed by atoms with Crippen molar-refractivity contribution in [1.29, 1.82) is 0 Å². The number of aromatic nitrogens is 3. The number of fused-ring (bicyclic) bond motifs is 1. The molecule has 38 heavy (non-hydrogen) atoms. The Morgan fingerprint density at radius 1 is 0.842 bits per heavy atom. The Bertz CT molecular complexity index is 1350. The molecule has 0 saturated carbocycles. The highest BCUT2D eigenvalue weighted by Gasteiger charge is 2.22. The monoisotopic (exact) mass is 630 g/mol. The number of ether oxygens (including phenoxy) is 4. The van der Waals surface area contributed by atoms with Gasteiger partial charge in [0, 0.05) is 42.8 Å². The fourth-order valence-electron chi connectivity index (χ4n) is 4.45. The number of halogens is 1.